The van der Waals surface area contributed by atoms with Crippen molar-refractivity contribution >= 4 is 17.9 Å². The van der Waals surface area contributed by atoms with Crippen molar-refractivity contribution in [2.75, 3.05) is 13.2 Å². The van der Waals surface area contributed by atoms with Crippen molar-refractivity contribution in [1.29, 1.82) is 0 Å². The van der Waals surface area contributed by atoms with E-state index in [4.69, 9.17) is 14.2 Å². The van der Waals surface area contributed by atoms with Crippen LogP contribution in [0, 0.1) is 0 Å². The highest BCUT2D eigenvalue weighted by molar-refractivity contribution is 5.71. The van der Waals surface area contributed by atoms with Crippen molar-refractivity contribution in [1.82, 2.24) is 0 Å². The van der Waals surface area contributed by atoms with Crippen LogP contribution in [0.1, 0.15) is 361 Å². The Hall–Kier alpha value is -2.63. The van der Waals surface area contributed by atoms with Gasteiger partial charge in [-0.3, -0.25) is 14.4 Å². The van der Waals surface area contributed by atoms with E-state index in [1.807, 2.05) is 0 Å². The Kier molecular flexibility index (Phi) is 62.6. The molecule has 0 saturated heterocycles. The first-order valence-corrected chi connectivity index (χ1v) is 33.6. The zero-order valence-corrected chi connectivity index (χ0v) is 51.0. The molecule has 0 radical (unpaired) electrons. The summed E-state index contributed by atoms with van der Waals surface area (Å²) in [6.07, 6.45) is 81.5. The van der Waals surface area contributed by atoms with Gasteiger partial charge in [0.25, 0.3) is 0 Å². The molecule has 0 rings (SSSR count). The minimum absolute atomic E-state index is 0.0667. The minimum Gasteiger partial charge on any atom is -0.462 e. The summed E-state index contributed by atoms with van der Waals surface area (Å²) in [7, 11) is 0. The summed E-state index contributed by atoms with van der Waals surface area (Å²) in [6, 6.07) is 0. The summed E-state index contributed by atoms with van der Waals surface area (Å²) >= 11 is 0. The first-order chi connectivity index (χ1) is 37.5. The molecule has 0 saturated carbocycles. The van der Waals surface area contributed by atoms with Crippen LogP contribution >= 0.6 is 0 Å². The summed E-state index contributed by atoms with van der Waals surface area (Å²) < 4.78 is 16.9. The molecule has 0 N–H and O–H groups in total. The predicted molar refractivity (Wildman–Crippen MR) is 330 cm³/mol. The van der Waals surface area contributed by atoms with Crippen LogP contribution in [0.15, 0.2) is 48.6 Å². The van der Waals surface area contributed by atoms with E-state index in [1.165, 1.54) is 238 Å². The van der Waals surface area contributed by atoms with Crippen LogP contribution in [-0.2, 0) is 28.6 Å². The molecule has 0 heterocycles. The zero-order chi connectivity index (χ0) is 55.0. The average molecular weight is 1070 g/mol. The molecule has 0 aromatic carbocycles. The number of carbonyl (C=O) groups excluding carboxylic acids is 3. The largest absolute Gasteiger partial charge is 0.462 e. The van der Waals surface area contributed by atoms with Crippen LogP contribution in [0.4, 0.5) is 0 Å². The smallest absolute Gasteiger partial charge is 0.306 e. The van der Waals surface area contributed by atoms with Crippen molar-refractivity contribution in [2.45, 2.75) is 367 Å². The van der Waals surface area contributed by atoms with Crippen LogP contribution < -0.4 is 0 Å². The number of carbonyl (C=O) groups is 3. The third-order valence-electron chi connectivity index (χ3n) is 15.1. The second kappa shape index (κ2) is 64.9. The quantitative estimate of drug-likeness (QED) is 0.0261. The molecule has 1 atom stereocenters. The first-order valence-electron chi connectivity index (χ1n) is 33.6. The van der Waals surface area contributed by atoms with Gasteiger partial charge in [0, 0.05) is 19.3 Å². The Bertz CT molecular complexity index is 1310. The molecule has 6 heteroatoms. The van der Waals surface area contributed by atoms with Crippen LogP contribution in [0.5, 0.6) is 0 Å². The highest BCUT2D eigenvalue weighted by atomic mass is 16.6. The van der Waals surface area contributed by atoms with Crippen LogP contribution in [0.25, 0.3) is 0 Å². The lowest BCUT2D eigenvalue weighted by molar-refractivity contribution is -0.167. The molecule has 0 fully saturated rings. The third kappa shape index (κ3) is 62.2. The summed E-state index contributed by atoms with van der Waals surface area (Å²) in [4.78, 5) is 38.2. The Morgan fingerprint density at radius 3 is 0.803 bits per heavy atom. The van der Waals surface area contributed by atoms with E-state index in [0.717, 1.165) is 83.5 Å². The van der Waals surface area contributed by atoms with Gasteiger partial charge < -0.3 is 14.2 Å². The Morgan fingerprint density at radius 2 is 0.513 bits per heavy atom. The molecule has 0 aromatic heterocycles. The fourth-order valence-corrected chi connectivity index (χ4v) is 10.1. The molecule has 76 heavy (non-hydrogen) atoms. The lowest BCUT2D eigenvalue weighted by Gasteiger charge is -2.18. The van der Waals surface area contributed by atoms with E-state index in [9.17, 15) is 14.4 Å². The normalized spacial score (nSPS) is 12.3. The summed E-state index contributed by atoms with van der Waals surface area (Å²) in [5, 5.41) is 0. The molecule has 1 unspecified atom stereocenters. The molecule has 0 aromatic rings. The molecule has 0 aliphatic heterocycles. The number of esters is 3. The van der Waals surface area contributed by atoms with Crippen molar-refractivity contribution in [2.24, 2.45) is 0 Å². The van der Waals surface area contributed by atoms with Crippen LogP contribution in [0.2, 0.25) is 0 Å². The lowest BCUT2D eigenvalue weighted by Crippen LogP contribution is -2.30. The van der Waals surface area contributed by atoms with Crippen molar-refractivity contribution in [3.8, 4) is 0 Å². The molecule has 0 bridgehead atoms. The van der Waals surface area contributed by atoms with Gasteiger partial charge in [-0.25, -0.2) is 0 Å². The van der Waals surface area contributed by atoms with E-state index in [0.29, 0.717) is 19.3 Å². The van der Waals surface area contributed by atoms with Crippen molar-refractivity contribution in [3.05, 3.63) is 48.6 Å². The molecule has 6 nitrogen and oxygen atoms in total. The SMILES string of the molecule is CC/C=C\C/C=C\C/C=C\C/C=C\CCCCCCCCCCCCCCCCCCC(=O)OCC(COC(=O)CCCCCCCCCC)OC(=O)CCCCCCCCCCCCCCCCCCCCCCC. The standard InChI is InChI=1S/C70H128O6/c1-4-7-10-13-16-19-21-23-25-27-29-31-32-33-34-35-36-37-38-40-41-43-45-47-49-51-54-57-60-63-69(72)75-66-67(65-74-68(71)62-59-56-53-18-15-12-9-6-3)76-70(73)64-61-58-55-52-50-48-46-44-42-39-30-28-26-24-22-20-17-14-11-8-5-2/h7,10,16,19,23,25,29,31,67H,4-6,8-9,11-15,17-18,20-22,24,26-28,30,32-66H2,1-3H3/b10-7-,19-16-,25-23-,31-29-. The predicted octanol–water partition coefficient (Wildman–Crippen LogP) is 22.9. The number of rotatable bonds is 62. The van der Waals surface area contributed by atoms with Gasteiger partial charge >= 0.3 is 17.9 Å². The van der Waals surface area contributed by atoms with Crippen LogP contribution in [0.3, 0.4) is 0 Å². The van der Waals surface area contributed by atoms with Gasteiger partial charge in [0.2, 0.25) is 0 Å². The number of allylic oxidation sites excluding steroid dienone is 8. The van der Waals surface area contributed by atoms with E-state index in [2.05, 4.69) is 69.4 Å². The maximum absolute atomic E-state index is 12.9. The van der Waals surface area contributed by atoms with E-state index >= 15 is 0 Å². The minimum atomic E-state index is -0.767. The fourth-order valence-electron chi connectivity index (χ4n) is 10.1. The van der Waals surface area contributed by atoms with Crippen LogP contribution in [-0.4, -0.2) is 37.2 Å². The van der Waals surface area contributed by atoms with Gasteiger partial charge in [0.1, 0.15) is 13.2 Å². The number of hydrogen-bond acceptors (Lipinski definition) is 6. The van der Waals surface area contributed by atoms with E-state index in [1.54, 1.807) is 0 Å². The van der Waals surface area contributed by atoms with Gasteiger partial charge in [0.05, 0.1) is 0 Å². The third-order valence-corrected chi connectivity index (χ3v) is 15.1. The summed E-state index contributed by atoms with van der Waals surface area (Å²) in [5.74, 6) is -0.846. The average Bonchev–Trinajstić information content (AvgIpc) is 3.42. The molecular formula is C70H128O6. The fraction of sp³-hybridized carbons (Fsp3) is 0.843. The highest BCUT2D eigenvalue weighted by Gasteiger charge is 2.19. The van der Waals surface area contributed by atoms with Gasteiger partial charge in [-0.05, 0) is 57.8 Å². The molecule has 0 aliphatic rings. The van der Waals surface area contributed by atoms with Gasteiger partial charge in [-0.2, -0.15) is 0 Å². The maximum atomic E-state index is 12.9. The number of ether oxygens (including phenoxy) is 3. The number of unbranched alkanes of at least 4 members (excludes halogenated alkanes) is 43. The second-order valence-corrected chi connectivity index (χ2v) is 22.7. The Balaban J connectivity index is 4.07. The van der Waals surface area contributed by atoms with Crippen molar-refractivity contribution in [3.63, 3.8) is 0 Å². The highest BCUT2D eigenvalue weighted by Crippen LogP contribution is 2.18. The molecule has 0 amide bonds. The topological polar surface area (TPSA) is 78.9 Å². The van der Waals surface area contributed by atoms with E-state index < -0.39 is 6.10 Å². The molecule has 0 spiro atoms. The monoisotopic (exact) mass is 1060 g/mol. The van der Waals surface area contributed by atoms with Gasteiger partial charge in [-0.15, -0.1) is 0 Å². The van der Waals surface area contributed by atoms with Crippen molar-refractivity contribution < 1.29 is 28.6 Å². The number of hydrogen-bond donors (Lipinski definition) is 0. The Morgan fingerprint density at radius 1 is 0.276 bits per heavy atom. The second-order valence-electron chi connectivity index (χ2n) is 22.7. The van der Waals surface area contributed by atoms with E-state index in [-0.39, 0.29) is 31.1 Å². The summed E-state index contributed by atoms with van der Waals surface area (Å²) in [5.41, 5.74) is 0. The molecular weight excluding hydrogens is 937 g/mol. The summed E-state index contributed by atoms with van der Waals surface area (Å²) in [6.45, 7) is 6.56. The zero-order valence-electron chi connectivity index (χ0n) is 51.0. The maximum Gasteiger partial charge on any atom is 0.306 e. The Labute approximate surface area is 473 Å². The lowest BCUT2D eigenvalue weighted by atomic mass is 10.0. The first kappa shape index (κ1) is 73.4. The van der Waals surface area contributed by atoms with Gasteiger partial charge in [0.15, 0.2) is 6.10 Å². The molecule has 444 valence electrons. The molecule has 0 aliphatic carbocycles. The van der Waals surface area contributed by atoms with Gasteiger partial charge in [-0.1, -0.05) is 333 Å².